The van der Waals surface area contributed by atoms with E-state index in [4.69, 9.17) is 15.2 Å². The molecule has 12 heavy (non-hydrogen) atoms. The maximum Gasteiger partial charge on any atom is 0.159 e. The molecule has 1 aliphatic heterocycles. The Labute approximate surface area is 72.6 Å². The zero-order valence-corrected chi connectivity index (χ0v) is 7.78. The third-order valence-electron chi connectivity index (χ3n) is 2.36. The minimum atomic E-state index is -0.621. The number of aliphatic hydroxyl groups is 1. The molecule has 0 aromatic heterocycles. The summed E-state index contributed by atoms with van der Waals surface area (Å²) in [7, 11) is 1.57. The highest BCUT2D eigenvalue weighted by Crippen LogP contribution is 2.26. The zero-order chi connectivity index (χ0) is 9.35. The van der Waals surface area contributed by atoms with E-state index in [2.05, 4.69) is 0 Å². The number of methoxy groups -OCH3 is 1. The van der Waals surface area contributed by atoms with Gasteiger partial charge < -0.3 is 20.3 Å². The maximum atomic E-state index is 9.61. The van der Waals surface area contributed by atoms with Crippen LogP contribution in [0.1, 0.15) is 20.3 Å². The zero-order valence-electron chi connectivity index (χ0n) is 7.78. The van der Waals surface area contributed by atoms with Crippen molar-refractivity contribution in [3.63, 3.8) is 0 Å². The number of rotatable bonds is 1. The normalized spacial score (nSPS) is 49.2. The lowest BCUT2D eigenvalue weighted by atomic mass is 9.86. The number of hydrogen-bond donors (Lipinski definition) is 2. The second-order valence-electron chi connectivity index (χ2n) is 3.66. The van der Waals surface area contributed by atoms with Crippen LogP contribution >= 0.6 is 0 Å². The van der Waals surface area contributed by atoms with Crippen LogP contribution in [-0.4, -0.2) is 36.3 Å². The van der Waals surface area contributed by atoms with Gasteiger partial charge in [-0.2, -0.15) is 0 Å². The summed E-state index contributed by atoms with van der Waals surface area (Å²) in [6.07, 6.45) is -0.657. The monoisotopic (exact) mass is 175 g/mol. The molecule has 1 heterocycles. The van der Waals surface area contributed by atoms with Crippen LogP contribution in [0.15, 0.2) is 0 Å². The molecule has 1 saturated heterocycles. The first-order valence-corrected chi connectivity index (χ1v) is 4.12. The van der Waals surface area contributed by atoms with Crippen LogP contribution in [0.4, 0.5) is 0 Å². The third kappa shape index (κ3) is 1.77. The van der Waals surface area contributed by atoms with Gasteiger partial charge in [-0.15, -0.1) is 0 Å². The molecule has 0 radical (unpaired) electrons. The average molecular weight is 175 g/mol. The van der Waals surface area contributed by atoms with Crippen molar-refractivity contribution in [1.29, 1.82) is 0 Å². The molecule has 0 aliphatic carbocycles. The van der Waals surface area contributed by atoms with E-state index in [0.29, 0.717) is 6.42 Å². The predicted octanol–water partition coefficient (Wildman–Crippen LogP) is -0.154. The molecule has 1 rings (SSSR count). The van der Waals surface area contributed by atoms with Crippen molar-refractivity contribution in [1.82, 2.24) is 0 Å². The van der Waals surface area contributed by atoms with Crippen LogP contribution in [0, 0.1) is 0 Å². The molecule has 0 aromatic carbocycles. The van der Waals surface area contributed by atoms with E-state index in [9.17, 15) is 5.11 Å². The van der Waals surface area contributed by atoms with Crippen molar-refractivity contribution in [2.45, 2.75) is 44.3 Å². The van der Waals surface area contributed by atoms with Gasteiger partial charge in [0, 0.05) is 19.1 Å². The Hall–Kier alpha value is -0.160. The summed E-state index contributed by atoms with van der Waals surface area (Å²) in [6, 6.07) is 0. The number of hydrogen-bond acceptors (Lipinski definition) is 4. The highest BCUT2D eigenvalue weighted by Gasteiger charge is 2.41. The molecular formula is C8H17NO3. The van der Waals surface area contributed by atoms with Crippen molar-refractivity contribution in [3.8, 4) is 0 Å². The van der Waals surface area contributed by atoms with Crippen LogP contribution in [0.3, 0.4) is 0 Å². The van der Waals surface area contributed by atoms with Gasteiger partial charge in [0.2, 0.25) is 0 Å². The first kappa shape index (κ1) is 9.92. The van der Waals surface area contributed by atoms with Crippen LogP contribution < -0.4 is 5.73 Å². The largest absolute Gasteiger partial charge is 0.389 e. The van der Waals surface area contributed by atoms with Crippen LogP contribution in [-0.2, 0) is 9.47 Å². The lowest BCUT2D eigenvalue weighted by Crippen LogP contribution is -2.60. The molecule has 1 aliphatic rings. The van der Waals surface area contributed by atoms with Crippen molar-refractivity contribution < 1.29 is 14.6 Å². The fraction of sp³-hybridized carbons (Fsp3) is 1.00. The van der Waals surface area contributed by atoms with E-state index in [0.717, 1.165) is 0 Å². The van der Waals surface area contributed by atoms with Crippen molar-refractivity contribution >= 4 is 0 Å². The summed E-state index contributed by atoms with van der Waals surface area (Å²) in [5.74, 6) is 0. The minimum absolute atomic E-state index is 0.265. The molecule has 0 amide bonds. The van der Waals surface area contributed by atoms with Gasteiger partial charge in [-0.1, -0.05) is 0 Å². The number of aliphatic hydroxyl groups excluding tert-OH is 1. The molecule has 4 heteroatoms. The molecular weight excluding hydrogens is 158 g/mol. The summed E-state index contributed by atoms with van der Waals surface area (Å²) < 4.78 is 10.4. The van der Waals surface area contributed by atoms with E-state index < -0.39 is 11.6 Å². The Morgan fingerprint density at radius 3 is 2.67 bits per heavy atom. The summed E-state index contributed by atoms with van der Waals surface area (Å²) in [6.45, 7) is 3.60. The van der Waals surface area contributed by atoms with Gasteiger partial charge in [0.05, 0.1) is 12.2 Å². The first-order valence-electron chi connectivity index (χ1n) is 4.12. The molecule has 3 N–H and O–H groups in total. The van der Waals surface area contributed by atoms with Crippen LogP contribution in [0.25, 0.3) is 0 Å². The van der Waals surface area contributed by atoms with E-state index in [-0.39, 0.29) is 12.4 Å². The first-order chi connectivity index (χ1) is 5.47. The molecule has 0 aromatic rings. The van der Waals surface area contributed by atoms with E-state index in [1.54, 1.807) is 14.0 Å². The number of nitrogens with two attached hydrogens (primary N) is 1. The smallest absolute Gasteiger partial charge is 0.159 e. The second kappa shape index (κ2) is 3.30. The lowest BCUT2D eigenvalue weighted by Gasteiger charge is -2.42. The van der Waals surface area contributed by atoms with Crippen LogP contribution in [0.2, 0.25) is 0 Å². The Morgan fingerprint density at radius 2 is 2.25 bits per heavy atom. The molecule has 0 unspecified atom stereocenters. The summed E-state index contributed by atoms with van der Waals surface area (Å²) in [5.41, 5.74) is 5.25. The van der Waals surface area contributed by atoms with Gasteiger partial charge in [0.1, 0.15) is 0 Å². The fourth-order valence-electron chi connectivity index (χ4n) is 1.52. The molecule has 4 atom stereocenters. The minimum Gasteiger partial charge on any atom is -0.389 e. The molecule has 0 saturated carbocycles. The van der Waals surface area contributed by atoms with Gasteiger partial charge in [-0.25, -0.2) is 0 Å². The van der Waals surface area contributed by atoms with Gasteiger partial charge in [-0.05, 0) is 13.8 Å². The van der Waals surface area contributed by atoms with Crippen molar-refractivity contribution in [3.05, 3.63) is 0 Å². The second-order valence-corrected chi connectivity index (χ2v) is 3.66. The van der Waals surface area contributed by atoms with Gasteiger partial charge in [0.25, 0.3) is 0 Å². The summed E-state index contributed by atoms with van der Waals surface area (Å²) in [4.78, 5) is 0. The summed E-state index contributed by atoms with van der Waals surface area (Å²) in [5, 5.41) is 9.61. The summed E-state index contributed by atoms with van der Waals surface area (Å²) >= 11 is 0. The maximum absolute atomic E-state index is 9.61. The standard InChI is InChI=1S/C8H17NO3/c1-5-7(10)8(2,9)4-6(11-3)12-5/h5-7,10H,4,9H2,1-3H3/t5-,6+,7-,8+/m0/s1. The highest BCUT2D eigenvalue weighted by molar-refractivity contribution is 4.94. The average Bonchev–Trinajstić information content (AvgIpc) is 1.99. The van der Waals surface area contributed by atoms with Crippen molar-refractivity contribution in [2.75, 3.05) is 7.11 Å². The van der Waals surface area contributed by atoms with E-state index in [1.165, 1.54) is 0 Å². The Balaban J connectivity index is 2.65. The topological polar surface area (TPSA) is 64.7 Å². The van der Waals surface area contributed by atoms with E-state index in [1.807, 2.05) is 6.92 Å². The SMILES string of the molecule is CO[C@H]1C[C@@](C)(N)[C@@H](O)[C@H](C)O1. The fourth-order valence-corrected chi connectivity index (χ4v) is 1.52. The Morgan fingerprint density at radius 1 is 1.67 bits per heavy atom. The van der Waals surface area contributed by atoms with Gasteiger partial charge in [0.15, 0.2) is 6.29 Å². The highest BCUT2D eigenvalue weighted by atomic mass is 16.7. The molecule has 72 valence electrons. The van der Waals surface area contributed by atoms with Crippen molar-refractivity contribution in [2.24, 2.45) is 5.73 Å². The molecule has 0 spiro atoms. The quantitative estimate of drug-likeness (QED) is 0.581. The Bertz CT molecular complexity index is 160. The molecule has 1 fully saturated rings. The van der Waals surface area contributed by atoms with Crippen LogP contribution in [0.5, 0.6) is 0 Å². The molecule has 4 nitrogen and oxygen atoms in total. The van der Waals surface area contributed by atoms with Gasteiger partial charge >= 0.3 is 0 Å². The van der Waals surface area contributed by atoms with E-state index >= 15 is 0 Å². The molecule has 0 bridgehead atoms. The van der Waals surface area contributed by atoms with Gasteiger partial charge in [-0.3, -0.25) is 0 Å². The lowest BCUT2D eigenvalue weighted by molar-refractivity contribution is -0.226. The third-order valence-corrected chi connectivity index (χ3v) is 2.36. The number of ether oxygens (including phenoxy) is 2. The predicted molar refractivity (Wildman–Crippen MR) is 44.6 cm³/mol. The Kier molecular flexibility index (Phi) is 2.73.